The summed E-state index contributed by atoms with van der Waals surface area (Å²) in [7, 11) is 1.40. The summed E-state index contributed by atoms with van der Waals surface area (Å²) >= 11 is 5.84. The zero-order valence-corrected chi connectivity index (χ0v) is 15.7. The highest BCUT2D eigenvalue weighted by atomic mass is 35.5. The number of amides is 1. The number of aromatic amines is 1. The van der Waals surface area contributed by atoms with E-state index in [2.05, 4.69) is 15.6 Å². The fourth-order valence-electron chi connectivity index (χ4n) is 2.49. The van der Waals surface area contributed by atoms with Crippen molar-refractivity contribution in [3.05, 3.63) is 86.8 Å². The van der Waals surface area contributed by atoms with Crippen LogP contribution in [0, 0.1) is 0 Å². The number of carbonyl (C=O) groups excluding carboxylic acids is 2. The minimum Gasteiger partial charge on any atom is -0.352 e. The Balaban J connectivity index is 1.94. The Bertz CT molecular complexity index is 1090. The maximum absolute atomic E-state index is 12.6. The number of hydrogen-bond donors (Lipinski definition) is 2. The van der Waals surface area contributed by atoms with Gasteiger partial charge >= 0.3 is 17.2 Å². The number of Topliss-reactive ketones (excluding diaryl/α,β-unsaturated/α-hetero) is 1. The molecule has 0 bridgehead atoms. The van der Waals surface area contributed by atoms with Crippen LogP contribution in [0.3, 0.4) is 0 Å². The summed E-state index contributed by atoms with van der Waals surface area (Å²) in [6, 6.07) is 15.5. The highest BCUT2D eigenvalue weighted by Gasteiger charge is 2.29. The van der Waals surface area contributed by atoms with Crippen LogP contribution < -0.4 is 15.6 Å². The van der Waals surface area contributed by atoms with Crippen molar-refractivity contribution >= 4 is 29.5 Å². The molecule has 0 spiro atoms. The van der Waals surface area contributed by atoms with Crippen molar-refractivity contribution in [2.24, 2.45) is 5.10 Å². The molecule has 1 heterocycles. The van der Waals surface area contributed by atoms with E-state index in [4.69, 9.17) is 11.6 Å². The molecule has 0 atom stereocenters. The topological polar surface area (TPSA) is 100 Å². The summed E-state index contributed by atoms with van der Waals surface area (Å²) in [5.41, 5.74) is 0.279. The summed E-state index contributed by atoms with van der Waals surface area (Å²) in [5, 5.41) is 9.62. The number of carbonyl (C=O) groups is 2. The zero-order chi connectivity index (χ0) is 20.1. The fraction of sp³-hybridized carbons (Fsp3) is 0.105. The molecule has 0 unspecified atom stereocenters. The number of ketones is 1. The second-order valence-electron chi connectivity index (χ2n) is 5.82. The lowest BCUT2D eigenvalue weighted by Gasteiger charge is -2.00. The minimum atomic E-state index is -0.671. The van der Waals surface area contributed by atoms with Gasteiger partial charge in [0.25, 0.3) is 0 Å². The van der Waals surface area contributed by atoms with E-state index in [1.807, 2.05) is 30.3 Å². The molecule has 0 aliphatic carbocycles. The van der Waals surface area contributed by atoms with Crippen molar-refractivity contribution in [3.8, 4) is 0 Å². The van der Waals surface area contributed by atoms with Crippen LogP contribution in [0.15, 0.2) is 64.5 Å². The number of halogens is 1. The Hall–Kier alpha value is -3.52. The number of nitrogens with zero attached hydrogens (tertiary/aromatic N) is 3. The normalized spacial score (nSPS) is 10.9. The highest BCUT2D eigenvalue weighted by Crippen LogP contribution is 2.10. The highest BCUT2D eigenvalue weighted by molar-refractivity contribution is 6.30. The van der Waals surface area contributed by atoms with Crippen LogP contribution in [0.25, 0.3) is 0 Å². The third-order valence-corrected chi connectivity index (χ3v) is 4.16. The van der Waals surface area contributed by atoms with E-state index in [9.17, 15) is 14.4 Å². The molecule has 0 aliphatic rings. The lowest BCUT2D eigenvalue weighted by Crippen LogP contribution is -2.48. The molecule has 0 radical (unpaired) electrons. The van der Waals surface area contributed by atoms with Gasteiger partial charge in [0.15, 0.2) is 6.54 Å². The van der Waals surface area contributed by atoms with Gasteiger partial charge in [-0.25, -0.2) is 4.79 Å². The first kappa shape index (κ1) is 19.2. The molecule has 8 nitrogen and oxygen atoms in total. The lowest BCUT2D eigenvalue weighted by molar-refractivity contribution is -0.744. The Morgan fingerprint density at radius 2 is 1.86 bits per heavy atom. The molecule has 1 amide bonds. The molecule has 0 saturated heterocycles. The Labute approximate surface area is 165 Å². The average Bonchev–Trinajstić information content (AvgIpc) is 3.02. The standard InChI is InChI=1S/C19H16ClN5O3/c1-21-18(27)17-19(28)25(22-11-13-5-3-2-4-6-13)23-24(17)12-16(26)14-7-9-15(20)10-8-14/h2-11H,12H2,1H3,(H-,21,23,27,28)/p+1. The number of aromatic nitrogens is 3. The lowest BCUT2D eigenvalue weighted by atomic mass is 10.1. The first-order valence-corrected chi connectivity index (χ1v) is 8.72. The second kappa shape index (κ2) is 8.45. The predicted molar refractivity (Wildman–Crippen MR) is 104 cm³/mol. The third kappa shape index (κ3) is 4.24. The van der Waals surface area contributed by atoms with Crippen LogP contribution in [0.5, 0.6) is 0 Å². The summed E-state index contributed by atoms with van der Waals surface area (Å²) in [4.78, 5) is 38.2. The van der Waals surface area contributed by atoms with Gasteiger partial charge < -0.3 is 5.32 Å². The molecule has 2 N–H and O–H groups in total. The van der Waals surface area contributed by atoms with Gasteiger partial charge in [0.2, 0.25) is 5.78 Å². The Kier molecular flexibility index (Phi) is 5.81. The summed E-state index contributed by atoms with van der Waals surface area (Å²) in [6.07, 6.45) is 1.47. The van der Waals surface area contributed by atoms with E-state index in [0.29, 0.717) is 10.6 Å². The molecule has 0 fully saturated rings. The van der Waals surface area contributed by atoms with Gasteiger partial charge in [-0.05, 0) is 29.8 Å². The monoisotopic (exact) mass is 398 g/mol. The van der Waals surface area contributed by atoms with E-state index < -0.39 is 11.5 Å². The molecule has 0 saturated carbocycles. The van der Waals surface area contributed by atoms with E-state index in [1.54, 1.807) is 24.3 Å². The van der Waals surface area contributed by atoms with E-state index in [0.717, 1.165) is 10.4 Å². The molecule has 28 heavy (non-hydrogen) atoms. The quantitative estimate of drug-likeness (QED) is 0.371. The van der Waals surface area contributed by atoms with Gasteiger partial charge in [-0.1, -0.05) is 52.2 Å². The Morgan fingerprint density at radius 3 is 2.50 bits per heavy atom. The number of benzene rings is 2. The van der Waals surface area contributed by atoms with Crippen molar-refractivity contribution in [1.82, 2.24) is 15.3 Å². The molecular formula is C19H17ClN5O3+. The van der Waals surface area contributed by atoms with E-state index in [1.165, 1.54) is 17.9 Å². The smallest absolute Gasteiger partial charge is 0.352 e. The number of hydrogen-bond acceptors (Lipinski definition) is 4. The van der Waals surface area contributed by atoms with E-state index >= 15 is 0 Å². The molecule has 0 aliphatic heterocycles. The summed E-state index contributed by atoms with van der Waals surface area (Å²) in [6.45, 7) is -0.243. The number of rotatable bonds is 6. The van der Waals surface area contributed by atoms with Gasteiger partial charge in [-0.2, -0.15) is 0 Å². The molecule has 142 valence electrons. The van der Waals surface area contributed by atoms with Gasteiger partial charge in [-0.3, -0.25) is 9.59 Å². The Morgan fingerprint density at radius 1 is 1.18 bits per heavy atom. The first-order chi connectivity index (χ1) is 13.5. The van der Waals surface area contributed by atoms with Gasteiger partial charge in [-0.15, -0.1) is 4.68 Å². The third-order valence-electron chi connectivity index (χ3n) is 3.91. The summed E-state index contributed by atoms with van der Waals surface area (Å²) < 4.78 is 1.17. The van der Waals surface area contributed by atoms with E-state index in [-0.39, 0.29) is 18.0 Å². The first-order valence-electron chi connectivity index (χ1n) is 8.34. The molecule has 2 aromatic carbocycles. The SMILES string of the molecule is CNC(=O)c1c(=O)n(N=Cc2ccccc2)[nH][n+]1CC(=O)c1ccc(Cl)cc1. The largest absolute Gasteiger partial charge is 0.432 e. The van der Waals surface area contributed by atoms with Gasteiger partial charge in [0.05, 0.1) is 6.21 Å². The van der Waals surface area contributed by atoms with Crippen LogP contribution >= 0.6 is 11.6 Å². The van der Waals surface area contributed by atoms with Crippen molar-refractivity contribution < 1.29 is 14.3 Å². The van der Waals surface area contributed by atoms with Crippen LogP contribution in [-0.2, 0) is 6.54 Å². The molecule has 3 rings (SSSR count). The molecule has 9 heteroatoms. The maximum Gasteiger partial charge on any atom is 0.432 e. The second-order valence-corrected chi connectivity index (χ2v) is 6.25. The minimum absolute atomic E-state index is 0.227. The van der Waals surface area contributed by atoms with Gasteiger partial charge in [0, 0.05) is 22.4 Å². The summed E-state index contributed by atoms with van der Waals surface area (Å²) in [5.74, 6) is -0.925. The average molecular weight is 399 g/mol. The molecule has 3 aromatic rings. The number of H-pyrrole nitrogens is 1. The van der Waals surface area contributed by atoms with Crippen molar-refractivity contribution in [2.75, 3.05) is 7.05 Å². The van der Waals surface area contributed by atoms with Gasteiger partial charge in [0.1, 0.15) is 0 Å². The van der Waals surface area contributed by atoms with Crippen molar-refractivity contribution in [1.29, 1.82) is 0 Å². The van der Waals surface area contributed by atoms with Crippen LogP contribution in [-0.4, -0.2) is 35.0 Å². The number of nitrogens with one attached hydrogen (secondary N) is 2. The maximum atomic E-state index is 12.6. The van der Waals surface area contributed by atoms with Crippen LogP contribution in [0.2, 0.25) is 5.02 Å². The molecule has 1 aromatic heterocycles. The fourth-order valence-corrected chi connectivity index (χ4v) is 2.62. The molecular weight excluding hydrogens is 382 g/mol. The predicted octanol–water partition coefficient (Wildman–Crippen LogP) is 1.24. The van der Waals surface area contributed by atoms with Crippen molar-refractivity contribution in [3.63, 3.8) is 0 Å². The van der Waals surface area contributed by atoms with Crippen LogP contribution in [0.1, 0.15) is 26.4 Å². The van der Waals surface area contributed by atoms with Crippen LogP contribution in [0.4, 0.5) is 0 Å². The zero-order valence-electron chi connectivity index (χ0n) is 14.9. The van der Waals surface area contributed by atoms with Crippen molar-refractivity contribution in [2.45, 2.75) is 6.54 Å².